The first-order chi connectivity index (χ1) is 13.7. The Labute approximate surface area is 167 Å². The van der Waals surface area contributed by atoms with Gasteiger partial charge in [0.1, 0.15) is 0 Å². The highest BCUT2D eigenvalue weighted by Crippen LogP contribution is 2.27. The van der Waals surface area contributed by atoms with Crippen molar-refractivity contribution in [3.63, 3.8) is 0 Å². The van der Waals surface area contributed by atoms with Gasteiger partial charge in [0, 0.05) is 5.56 Å². The van der Waals surface area contributed by atoms with E-state index in [1.807, 2.05) is 36.4 Å². The molecule has 0 saturated carbocycles. The predicted octanol–water partition coefficient (Wildman–Crippen LogP) is 3.41. The molecule has 3 N–H and O–H groups in total. The summed E-state index contributed by atoms with van der Waals surface area (Å²) in [6.07, 6.45) is 0. The summed E-state index contributed by atoms with van der Waals surface area (Å²) in [6, 6.07) is 22.3. The lowest BCUT2D eigenvalue weighted by Crippen LogP contribution is -1.99. The molecule has 0 aliphatic rings. The molecule has 8 nitrogen and oxygen atoms in total. The van der Waals surface area contributed by atoms with E-state index in [2.05, 4.69) is 9.97 Å². The topological polar surface area (TPSA) is 137 Å². The summed E-state index contributed by atoms with van der Waals surface area (Å²) in [7, 11) is -8.33. The lowest BCUT2D eigenvalue weighted by molar-refractivity contribution is 0.475. The summed E-state index contributed by atoms with van der Waals surface area (Å²) in [6.45, 7) is 0. The van der Waals surface area contributed by atoms with Crippen molar-refractivity contribution in [3.05, 3.63) is 78.9 Å². The molecule has 1 aromatic heterocycles. The Balaban J connectivity index is 0.000000204. The molecule has 3 aromatic carbocycles. The minimum absolute atomic E-state index is 0.0741. The van der Waals surface area contributed by atoms with Crippen molar-refractivity contribution < 1.29 is 25.9 Å². The maximum Gasteiger partial charge on any atom is 0.328 e. The lowest BCUT2D eigenvalue weighted by Gasteiger charge is -2.01. The fourth-order valence-electron chi connectivity index (χ4n) is 2.57. The van der Waals surface area contributed by atoms with E-state index in [0.717, 1.165) is 11.1 Å². The number of rotatable bonds is 3. The molecule has 1 heterocycles. The van der Waals surface area contributed by atoms with E-state index in [4.69, 9.17) is 9.11 Å². The highest BCUT2D eigenvalue weighted by Gasteiger charge is 2.17. The number of benzene rings is 3. The van der Waals surface area contributed by atoms with Gasteiger partial charge in [-0.05, 0) is 23.8 Å². The molecule has 4 aromatic rings. The van der Waals surface area contributed by atoms with Crippen LogP contribution in [0.3, 0.4) is 0 Å². The summed E-state index contributed by atoms with van der Waals surface area (Å²) in [5.41, 5.74) is 2.82. The third-order valence-electron chi connectivity index (χ3n) is 3.86. The lowest BCUT2D eigenvalue weighted by atomic mass is 10.0. The number of hydrogen-bond donors (Lipinski definition) is 3. The van der Waals surface area contributed by atoms with E-state index < -0.39 is 25.4 Å². The molecule has 0 aliphatic carbocycles. The molecular weight excluding hydrogens is 416 g/mol. The highest BCUT2D eigenvalue weighted by molar-refractivity contribution is 7.86. The van der Waals surface area contributed by atoms with E-state index in [0.29, 0.717) is 11.0 Å². The standard InChI is InChI=1S/C13H10N2O3S.C6H6O3S/c16-19(17,18)13-14-11-8-4-7-10(12(11)15-13)9-5-2-1-3-6-9;7-10(8,9)6-4-2-1-3-5-6/h1-8H,(H,14,15)(H,16,17,18);1-5H,(H,7,8,9). The second kappa shape index (κ2) is 8.13. The first kappa shape index (κ1) is 20.7. The van der Waals surface area contributed by atoms with Crippen LogP contribution in [-0.4, -0.2) is 35.9 Å². The van der Waals surface area contributed by atoms with Crippen LogP contribution in [0.1, 0.15) is 0 Å². The molecule has 10 heteroatoms. The second-order valence-electron chi connectivity index (χ2n) is 5.87. The second-order valence-corrected chi connectivity index (χ2v) is 8.63. The molecule has 0 radical (unpaired) electrons. The largest absolute Gasteiger partial charge is 0.328 e. The van der Waals surface area contributed by atoms with Gasteiger partial charge < -0.3 is 4.98 Å². The molecule has 0 bridgehead atoms. The maximum atomic E-state index is 11.1. The summed E-state index contributed by atoms with van der Waals surface area (Å²) in [5, 5.41) is -0.439. The number of imidazole rings is 1. The van der Waals surface area contributed by atoms with Gasteiger partial charge in [0.2, 0.25) is 0 Å². The molecule has 0 unspecified atom stereocenters. The molecular formula is C19H16N2O6S2. The zero-order valence-electron chi connectivity index (χ0n) is 14.8. The van der Waals surface area contributed by atoms with Gasteiger partial charge in [-0.1, -0.05) is 60.7 Å². The summed E-state index contributed by atoms with van der Waals surface area (Å²) >= 11 is 0. The zero-order chi connectivity index (χ0) is 21.1. The number of fused-ring (bicyclic) bond motifs is 1. The van der Waals surface area contributed by atoms with Crippen LogP contribution in [-0.2, 0) is 20.2 Å². The Morgan fingerprint density at radius 3 is 1.79 bits per heavy atom. The van der Waals surface area contributed by atoms with Gasteiger partial charge in [0.05, 0.1) is 15.9 Å². The number of para-hydroxylation sites is 1. The zero-order valence-corrected chi connectivity index (χ0v) is 16.4. The molecule has 0 amide bonds. The number of aromatic amines is 1. The van der Waals surface area contributed by atoms with Gasteiger partial charge in [-0.3, -0.25) is 9.11 Å². The first-order valence-electron chi connectivity index (χ1n) is 8.20. The van der Waals surface area contributed by atoms with Gasteiger partial charge >= 0.3 is 10.1 Å². The molecule has 29 heavy (non-hydrogen) atoms. The summed E-state index contributed by atoms with van der Waals surface area (Å²) in [4.78, 5) is 6.49. The molecule has 0 saturated heterocycles. The average molecular weight is 432 g/mol. The van der Waals surface area contributed by atoms with Crippen molar-refractivity contribution in [2.45, 2.75) is 10.1 Å². The van der Waals surface area contributed by atoms with Crippen LogP contribution in [0, 0.1) is 0 Å². The molecule has 4 rings (SSSR count). The molecule has 0 aliphatic heterocycles. The maximum absolute atomic E-state index is 11.1. The highest BCUT2D eigenvalue weighted by atomic mass is 32.2. The van der Waals surface area contributed by atoms with E-state index in [-0.39, 0.29) is 4.90 Å². The van der Waals surface area contributed by atoms with Crippen molar-refractivity contribution in [2.75, 3.05) is 0 Å². The van der Waals surface area contributed by atoms with Crippen molar-refractivity contribution in [1.82, 2.24) is 9.97 Å². The average Bonchev–Trinajstić information content (AvgIpc) is 3.14. The fraction of sp³-hybridized carbons (Fsp3) is 0. The van der Waals surface area contributed by atoms with Crippen LogP contribution in [0.2, 0.25) is 0 Å². The van der Waals surface area contributed by atoms with Gasteiger partial charge in [-0.25, -0.2) is 4.98 Å². The van der Waals surface area contributed by atoms with Crippen LogP contribution >= 0.6 is 0 Å². The van der Waals surface area contributed by atoms with Crippen LogP contribution in [0.4, 0.5) is 0 Å². The Morgan fingerprint density at radius 1 is 0.690 bits per heavy atom. The summed E-state index contributed by atoms with van der Waals surface area (Å²) in [5.74, 6) is 0. The van der Waals surface area contributed by atoms with Crippen molar-refractivity contribution in [1.29, 1.82) is 0 Å². The Hall–Kier alpha value is -3.05. The minimum Gasteiger partial charge on any atom is -0.327 e. The number of aromatic nitrogens is 2. The summed E-state index contributed by atoms with van der Waals surface area (Å²) < 4.78 is 60.5. The number of nitrogens with one attached hydrogen (secondary N) is 1. The van der Waals surface area contributed by atoms with Crippen LogP contribution in [0.25, 0.3) is 22.2 Å². The van der Waals surface area contributed by atoms with Crippen molar-refractivity contribution in [2.24, 2.45) is 0 Å². The smallest absolute Gasteiger partial charge is 0.327 e. The fourth-order valence-corrected chi connectivity index (χ4v) is 3.52. The van der Waals surface area contributed by atoms with Crippen LogP contribution in [0.15, 0.2) is 88.9 Å². The molecule has 0 fully saturated rings. The molecule has 0 atom stereocenters. The van der Waals surface area contributed by atoms with E-state index in [9.17, 15) is 16.8 Å². The van der Waals surface area contributed by atoms with Gasteiger partial charge in [0.15, 0.2) is 0 Å². The monoisotopic (exact) mass is 432 g/mol. The van der Waals surface area contributed by atoms with Crippen molar-refractivity contribution >= 4 is 31.3 Å². The van der Waals surface area contributed by atoms with Gasteiger partial charge in [0.25, 0.3) is 15.3 Å². The van der Waals surface area contributed by atoms with Gasteiger partial charge in [-0.2, -0.15) is 16.8 Å². The van der Waals surface area contributed by atoms with Crippen LogP contribution < -0.4 is 0 Å². The van der Waals surface area contributed by atoms with E-state index in [1.165, 1.54) is 12.1 Å². The Bertz CT molecular complexity index is 1330. The molecule has 0 spiro atoms. The van der Waals surface area contributed by atoms with E-state index in [1.54, 1.807) is 30.3 Å². The number of H-pyrrole nitrogens is 1. The minimum atomic E-state index is -4.33. The number of hydrogen-bond acceptors (Lipinski definition) is 5. The SMILES string of the molecule is O=S(=O)(O)c1ccccc1.O=S(=O)(O)c1nc2c(-c3ccccc3)cccc2[nH]1. The Kier molecular flexibility index (Phi) is 5.80. The number of nitrogens with zero attached hydrogens (tertiary/aromatic N) is 1. The third-order valence-corrected chi connectivity index (χ3v) is 5.41. The van der Waals surface area contributed by atoms with Gasteiger partial charge in [-0.15, -0.1) is 0 Å². The molecule has 150 valence electrons. The third kappa shape index (κ3) is 5.06. The predicted molar refractivity (Wildman–Crippen MR) is 108 cm³/mol. The Morgan fingerprint density at radius 2 is 1.28 bits per heavy atom. The van der Waals surface area contributed by atoms with E-state index >= 15 is 0 Å². The quantitative estimate of drug-likeness (QED) is 0.422. The van der Waals surface area contributed by atoms with Crippen LogP contribution in [0.5, 0.6) is 0 Å². The van der Waals surface area contributed by atoms with Crippen molar-refractivity contribution in [3.8, 4) is 11.1 Å². The first-order valence-corrected chi connectivity index (χ1v) is 11.1. The normalized spacial score (nSPS) is 11.7.